The van der Waals surface area contributed by atoms with E-state index in [1.165, 1.54) is 0 Å². The van der Waals surface area contributed by atoms with Crippen molar-refractivity contribution >= 4 is 5.70 Å². The van der Waals surface area contributed by atoms with Crippen molar-refractivity contribution in [2.75, 3.05) is 0 Å². The van der Waals surface area contributed by atoms with E-state index in [1.807, 2.05) is 58.0 Å². The molecule has 0 saturated carbocycles. The van der Waals surface area contributed by atoms with Crippen LogP contribution in [0.2, 0.25) is 0 Å². The molecule has 0 fully saturated rings. The van der Waals surface area contributed by atoms with Crippen LogP contribution in [0.4, 0.5) is 4.48 Å². The third kappa shape index (κ3) is 3.10. The molecule has 0 atom stereocenters. The molecule has 1 nitrogen and oxygen atoms in total. The number of benzene rings is 1. The first-order valence-electron chi connectivity index (χ1n) is 6.02. The average Bonchev–Trinajstić information content (AvgIpc) is 2.39. The molecule has 0 aliphatic rings. The van der Waals surface area contributed by atoms with Gasteiger partial charge in [-0.05, 0) is 33.3 Å². The molecule has 0 N–H and O–H groups in total. The lowest BCUT2D eigenvalue weighted by Gasteiger charge is -2.20. The van der Waals surface area contributed by atoms with Crippen molar-refractivity contribution < 1.29 is 4.48 Å². The molecule has 1 rings (SSSR count). The molecule has 0 aliphatic heterocycles. The number of hydrogen-bond acceptors (Lipinski definition) is 1. The van der Waals surface area contributed by atoms with Crippen LogP contribution < -0.4 is 0 Å². The van der Waals surface area contributed by atoms with Crippen molar-refractivity contribution in [3.05, 3.63) is 65.4 Å². The van der Waals surface area contributed by atoms with E-state index in [2.05, 4.69) is 6.58 Å². The van der Waals surface area contributed by atoms with Crippen LogP contribution in [-0.2, 0) is 0 Å². The molecule has 0 amide bonds. The van der Waals surface area contributed by atoms with Crippen LogP contribution >= 0.6 is 0 Å². The lowest BCUT2D eigenvalue weighted by molar-refractivity contribution is 0.159. The maximum Gasteiger partial charge on any atom is 0.0747 e. The van der Waals surface area contributed by atoms with Gasteiger partial charge in [0.1, 0.15) is 0 Å². The topological polar surface area (TPSA) is 3.24 Å². The predicted molar refractivity (Wildman–Crippen MR) is 76.3 cm³/mol. The van der Waals surface area contributed by atoms with Crippen molar-refractivity contribution in [3.63, 3.8) is 0 Å². The molecule has 0 aromatic heterocycles. The van der Waals surface area contributed by atoms with Gasteiger partial charge < -0.3 is 0 Å². The number of nitrogens with zero attached hydrogens (tertiary/aromatic N) is 1. The Morgan fingerprint density at radius 2 is 1.72 bits per heavy atom. The Kier molecular flexibility index (Phi) is 4.90. The van der Waals surface area contributed by atoms with Crippen LogP contribution in [0.5, 0.6) is 0 Å². The molecule has 1 aromatic carbocycles. The van der Waals surface area contributed by atoms with Crippen LogP contribution in [0.3, 0.4) is 0 Å². The van der Waals surface area contributed by atoms with Gasteiger partial charge in [-0.1, -0.05) is 53.0 Å². The molecule has 1 aromatic rings. The number of hydrogen-bond donors (Lipinski definition) is 0. The molecule has 96 valence electrons. The highest BCUT2D eigenvalue weighted by Crippen LogP contribution is 2.26. The summed E-state index contributed by atoms with van der Waals surface area (Å²) in [6, 6.07) is 7.66. The second-order valence-corrected chi connectivity index (χ2v) is 4.24. The van der Waals surface area contributed by atoms with Gasteiger partial charge in [0.05, 0.1) is 11.4 Å². The van der Waals surface area contributed by atoms with E-state index in [0.717, 1.165) is 16.7 Å². The smallest absolute Gasteiger partial charge is 0.0747 e. The molecular weight excluding hydrogens is 225 g/mol. The fourth-order valence-electron chi connectivity index (χ4n) is 1.65. The van der Waals surface area contributed by atoms with Gasteiger partial charge in [0, 0.05) is 5.56 Å². The molecule has 0 saturated heterocycles. The van der Waals surface area contributed by atoms with Crippen LogP contribution in [-0.4, -0.2) is 5.12 Å². The minimum Gasteiger partial charge on any atom is -0.180 e. The van der Waals surface area contributed by atoms with Crippen LogP contribution in [0.15, 0.2) is 54.3 Å². The molecule has 2 heteroatoms. The highest BCUT2D eigenvalue weighted by molar-refractivity contribution is 5.63. The van der Waals surface area contributed by atoms with Gasteiger partial charge in [-0.2, -0.15) is 5.12 Å². The van der Waals surface area contributed by atoms with E-state index in [1.54, 1.807) is 6.08 Å². The summed E-state index contributed by atoms with van der Waals surface area (Å²) in [4.78, 5) is 0. The molecular formula is C16H20FN. The van der Waals surface area contributed by atoms with Crippen molar-refractivity contribution in [1.29, 1.82) is 0 Å². The maximum absolute atomic E-state index is 14.3. The number of allylic oxidation sites excluding steroid dienone is 3. The fourth-order valence-corrected chi connectivity index (χ4v) is 1.65. The highest BCUT2D eigenvalue weighted by Gasteiger charge is 2.14. The molecule has 0 aliphatic carbocycles. The van der Waals surface area contributed by atoms with Gasteiger partial charge in [0.15, 0.2) is 0 Å². The van der Waals surface area contributed by atoms with E-state index >= 15 is 0 Å². The first kappa shape index (κ1) is 14.2. The first-order chi connectivity index (χ1) is 8.51. The van der Waals surface area contributed by atoms with Crippen molar-refractivity contribution in [3.8, 4) is 0 Å². The zero-order valence-electron chi connectivity index (χ0n) is 11.5. The Morgan fingerprint density at radius 1 is 1.17 bits per heavy atom. The van der Waals surface area contributed by atoms with Crippen molar-refractivity contribution in [2.45, 2.75) is 27.7 Å². The Bertz CT molecular complexity index is 480. The molecule has 0 radical (unpaired) electrons. The second-order valence-electron chi connectivity index (χ2n) is 4.24. The average molecular weight is 245 g/mol. The SMILES string of the molecule is C=C(c1ccc(C)cc1)N(F)C(=C/C)/C(C)=C\C. The Morgan fingerprint density at radius 3 is 2.17 bits per heavy atom. The monoisotopic (exact) mass is 245 g/mol. The summed E-state index contributed by atoms with van der Waals surface area (Å²) in [5, 5.41) is 0.639. The third-order valence-corrected chi connectivity index (χ3v) is 2.94. The normalized spacial score (nSPS) is 12.5. The summed E-state index contributed by atoms with van der Waals surface area (Å²) < 4.78 is 14.3. The van der Waals surface area contributed by atoms with Crippen molar-refractivity contribution in [2.24, 2.45) is 0 Å². The number of rotatable bonds is 4. The number of aryl methyl sites for hydroxylation is 1. The summed E-state index contributed by atoms with van der Waals surface area (Å²) in [5.41, 5.74) is 3.69. The van der Waals surface area contributed by atoms with Crippen molar-refractivity contribution in [1.82, 2.24) is 5.12 Å². The highest BCUT2D eigenvalue weighted by atomic mass is 19.2. The minimum absolute atomic E-state index is 0.351. The fraction of sp³-hybridized carbons (Fsp3) is 0.250. The quantitative estimate of drug-likeness (QED) is 0.531. The Balaban J connectivity index is 3.00. The Labute approximate surface area is 109 Å². The molecule has 18 heavy (non-hydrogen) atoms. The standard InChI is InChI=1S/C16H20FN/c1-6-13(4)16(7-2)18(17)14(5)15-10-8-12(3)9-11-15/h6-11H,5H2,1-4H3/b13-6-,16-7+. The van der Waals surface area contributed by atoms with E-state index in [-0.39, 0.29) is 0 Å². The van der Waals surface area contributed by atoms with Gasteiger partial charge in [-0.25, -0.2) is 0 Å². The Hall–Kier alpha value is -1.83. The van der Waals surface area contributed by atoms with Crippen LogP contribution in [0.1, 0.15) is 31.9 Å². The van der Waals surface area contributed by atoms with Gasteiger partial charge in [0.25, 0.3) is 0 Å². The minimum atomic E-state index is 0.351. The summed E-state index contributed by atoms with van der Waals surface area (Å²) in [6.07, 6.45) is 3.62. The number of halogens is 1. The maximum atomic E-state index is 14.3. The zero-order valence-corrected chi connectivity index (χ0v) is 11.5. The van der Waals surface area contributed by atoms with Crippen LogP contribution in [0.25, 0.3) is 5.70 Å². The summed E-state index contributed by atoms with van der Waals surface area (Å²) in [6.45, 7) is 11.4. The van der Waals surface area contributed by atoms with Gasteiger partial charge in [-0.15, -0.1) is 0 Å². The largest absolute Gasteiger partial charge is 0.180 e. The summed E-state index contributed by atoms with van der Waals surface area (Å²) >= 11 is 0. The second kappa shape index (κ2) is 6.20. The molecule has 0 bridgehead atoms. The summed E-state index contributed by atoms with van der Waals surface area (Å²) in [5.74, 6) is 0. The molecule has 0 spiro atoms. The van der Waals surface area contributed by atoms with Gasteiger partial charge in [-0.3, -0.25) is 0 Å². The third-order valence-electron chi connectivity index (χ3n) is 2.94. The molecule has 0 unspecified atom stereocenters. The van der Waals surface area contributed by atoms with Crippen LogP contribution in [0, 0.1) is 6.92 Å². The summed E-state index contributed by atoms with van der Waals surface area (Å²) in [7, 11) is 0. The lowest BCUT2D eigenvalue weighted by atomic mass is 10.1. The van der Waals surface area contributed by atoms with Gasteiger partial charge in [0.2, 0.25) is 0 Å². The lowest BCUT2D eigenvalue weighted by Crippen LogP contribution is -2.11. The van der Waals surface area contributed by atoms with E-state index < -0.39 is 0 Å². The van der Waals surface area contributed by atoms with E-state index in [0.29, 0.717) is 16.5 Å². The zero-order chi connectivity index (χ0) is 13.7. The van der Waals surface area contributed by atoms with E-state index in [9.17, 15) is 4.48 Å². The van der Waals surface area contributed by atoms with E-state index in [4.69, 9.17) is 0 Å². The first-order valence-corrected chi connectivity index (χ1v) is 6.02. The molecule has 0 heterocycles. The predicted octanol–water partition coefficient (Wildman–Crippen LogP) is 5.02. The van der Waals surface area contributed by atoms with Gasteiger partial charge >= 0.3 is 0 Å².